The van der Waals surface area contributed by atoms with Crippen LogP contribution in [0.15, 0.2) is 23.3 Å². The van der Waals surface area contributed by atoms with E-state index in [9.17, 15) is 0 Å². The summed E-state index contributed by atoms with van der Waals surface area (Å²) < 4.78 is 4.83. The highest BCUT2D eigenvalue weighted by atomic mass is 32.1. The van der Waals surface area contributed by atoms with Crippen molar-refractivity contribution in [1.29, 1.82) is 0 Å². The summed E-state index contributed by atoms with van der Waals surface area (Å²) in [7, 11) is 0. The summed E-state index contributed by atoms with van der Waals surface area (Å²) in [4.78, 5) is 0.978. The average Bonchev–Trinajstić information content (AvgIpc) is 1.69. The SMILES string of the molecule is SC1=CCOC=C1. The molecule has 1 heterocycles. The van der Waals surface area contributed by atoms with E-state index in [0.717, 1.165) is 4.91 Å². The van der Waals surface area contributed by atoms with E-state index in [0.29, 0.717) is 6.61 Å². The molecule has 0 radical (unpaired) electrons. The highest BCUT2D eigenvalue weighted by molar-refractivity contribution is 7.84. The Bertz CT molecular complexity index is 115. The van der Waals surface area contributed by atoms with Crippen molar-refractivity contribution in [2.75, 3.05) is 6.61 Å². The fourth-order valence-corrected chi connectivity index (χ4v) is 0.510. The first-order valence-corrected chi connectivity index (χ1v) is 2.51. The van der Waals surface area contributed by atoms with E-state index in [-0.39, 0.29) is 0 Å². The van der Waals surface area contributed by atoms with Crippen LogP contribution in [-0.4, -0.2) is 6.61 Å². The van der Waals surface area contributed by atoms with Crippen LogP contribution in [0.2, 0.25) is 0 Å². The summed E-state index contributed by atoms with van der Waals surface area (Å²) >= 11 is 4.06. The monoisotopic (exact) mass is 114 g/mol. The van der Waals surface area contributed by atoms with Crippen molar-refractivity contribution in [3.63, 3.8) is 0 Å². The van der Waals surface area contributed by atoms with Gasteiger partial charge in [0.25, 0.3) is 0 Å². The number of allylic oxidation sites excluding steroid dienone is 1. The first kappa shape index (κ1) is 4.78. The summed E-state index contributed by atoms with van der Waals surface area (Å²) in [5.41, 5.74) is 0. The predicted octanol–water partition coefficient (Wildman–Crippen LogP) is 1.34. The lowest BCUT2D eigenvalue weighted by molar-refractivity contribution is 0.285. The van der Waals surface area contributed by atoms with Crippen LogP contribution in [0.4, 0.5) is 0 Å². The third-order valence-electron chi connectivity index (χ3n) is 0.724. The smallest absolute Gasteiger partial charge is 0.107 e. The lowest BCUT2D eigenvalue weighted by Crippen LogP contribution is -1.86. The van der Waals surface area contributed by atoms with Crippen molar-refractivity contribution < 1.29 is 4.74 Å². The van der Waals surface area contributed by atoms with Crippen molar-refractivity contribution in [3.05, 3.63) is 23.3 Å². The lowest BCUT2D eigenvalue weighted by atomic mass is 10.4. The van der Waals surface area contributed by atoms with Gasteiger partial charge in [-0.2, -0.15) is 0 Å². The first-order valence-electron chi connectivity index (χ1n) is 2.07. The molecule has 0 unspecified atom stereocenters. The van der Waals surface area contributed by atoms with Gasteiger partial charge in [-0.05, 0) is 12.2 Å². The molecule has 0 saturated carbocycles. The number of hydrogen-bond donors (Lipinski definition) is 1. The molecule has 0 amide bonds. The van der Waals surface area contributed by atoms with Crippen LogP contribution in [0.1, 0.15) is 0 Å². The Hall–Kier alpha value is -0.370. The van der Waals surface area contributed by atoms with Crippen molar-refractivity contribution in [2.24, 2.45) is 0 Å². The zero-order chi connectivity index (χ0) is 5.11. The molecule has 0 atom stereocenters. The maximum Gasteiger partial charge on any atom is 0.107 e. The normalized spacial score (nSPS) is 18.1. The second-order valence-electron chi connectivity index (χ2n) is 1.27. The minimum atomic E-state index is 0.662. The Morgan fingerprint density at radius 2 is 2.57 bits per heavy atom. The molecule has 0 spiro atoms. The molecule has 38 valence electrons. The van der Waals surface area contributed by atoms with E-state index < -0.39 is 0 Å². The van der Waals surface area contributed by atoms with Gasteiger partial charge in [-0.25, -0.2) is 0 Å². The molecule has 1 aliphatic heterocycles. The van der Waals surface area contributed by atoms with E-state index in [2.05, 4.69) is 12.6 Å². The quantitative estimate of drug-likeness (QED) is 0.467. The number of thiol groups is 1. The Kier molecular flexibility index (Phi) is 1.42. The van der Waals surface area contributed by atoms with Crippen LogP contribution in [0.5, 0.6) is 0 Å². The van der Waals surface area contributed by atoms with Gasteiger partial charge < -0.3 is 4.74 Å². The fraction of sp³-hybridized carbons (Fsp3) is 0.200. The molecule has 7 heavy (non-hydrogen) atoms. The lowest BCUT2D eigenvalue weighted by Gasteiger charge is -1.99. The van der Waals surface area contributed by atoms with Gasteiger partial charge in [-0.1, -0.05) is 0 Å². The largest absolute Gasteiger partial charge is 0.497 e. The van der Waals surface area contributed by atoms with E-state index >= 15 is 0 Å². The minimum Gasteiger partial charge on any atom is -0.497 e. The average molecular weight is 114 g/mol. The van der Waals surface area contributed by atoms with Crippen molar-refractivity contribution in [3.8, 4) is 0 Å². The van der Waals surface area contributed by atoms with E-state index in [4.69, 9.17) is 4.74 Å². The molecule has 0 N–H and O–H groups in total. The van der Waals surface area contributed by atoms with E-state index in [1.165, 1.54) is 0 Å². The standard InChI is InChI=1S/C5H6OS/c7-5-1-3-6-4-2-5/h1-3,7H,4H2. The third kappa shape index (κ3) is 1.27. The maximum absolute atomic E-state index is 4.83. The van der Waals surface area contributed by atoms with Crippen LogP contribution in [0, 0.1) is 0 Å². The van der Waals surface area contributed by atoms with Gasteiger partial charge in [0.1, 0.15) is 6.61 Å². The van der Waals surface area contributed by atoms with Crippen LogP contribution < -0.4 is 0 Å². The van der Waals surface area contributed by atoms with Crippen LogP contribution in [-0.2, 0) is 4.74 Å². The number of rotatable bonds is 0. The van der Waals surface area contributed by atoms with Gasteiger partial charge in [0.2, 0.25) is 0 Å². The van der Waals surface area contributed by atoms with Gasteiger partial charge in [0.05, 0.1) is 6.26 Å². The second-order valence-corrected chi connectivity index (χ2v) is 1.78. The number of hydrogen-bond acceptors (Lipinski definition) is 2. The third-order valence-corrected chi connectivity index (χ3v) is 1.06. The van der Waals surface area contributed by atoms with Crippen molar-refractivity contribution in [2.45, 2.75) is 0 Å². The molecule has 0 aromatic heterocycles. The molecule has 2 heteroatoms. The molecule has 0 aliphatic carbocycles. The molecular formula is C5H6OS. The molecule has 1 aliphatic rings. The van der Waals surface area contributed by atoms with Gasteiger partial charge in [-0.3, -0.25) is 0 Å². The molecule has 0 saturated heterocycles. The van der Waals surface area contributed by atoms with Crippen LogP contribution in [0.25, 0.3) is 0 Å². The number of ether oxygens (including phenoxy) is 1. The first-order chi connectivity index (χ1) is 3.39. The summed E-state index contributed by atoms with van der Waals surface area (Å²) in [5, 5.41) is 0. The van der Waals surface area contributed by atoms with Gasteiger partial charge >= 0.3 is 0 Å². The molecule has 0 fully saturated rings. The molecule has 0 bridgehead atoms. The summed E-state index contributed by atoms with van der Waals surface area (Å²) in [6.07, 6.45) is 5.36. The van der Waals surface area contributed by atoms with E-state index in [1.807, 2.05) is 12.2 Å². The Labute approximate surface area is 48.1 Å². The zero-order valence-electron chi connectivity index (χ0n) is 3.79. The van der Waals surface area contributed by atoms with Gasteiger partial charge in [0, 0.05) is 4.91 Å². The molecule has 0 aromatic rings. The molecule has 1 nitrogen and oxygen atoms in total. The summed E-state index contributed by atoms with van der Waals surface area (Å²) in [6, 6.07) is 0. The molecular weight excluding hydrogens is 108 g/mol. The summed E-state index contributed by atoms with van der Waals surface area (Å²) in [5.74, 6) is 0. The Morgan fingerprint density at radius 1 is 1.71 bits per heavy atom. The fourth-order valence-electron chi connectivity index (χ4n) is 0.375. The highest BCUT2D eigenvalue weighted by Crippen LogP contribution is 2.05. The predicted molar refractivity (Wildman–Crippen MR) is 32.2 cm³/mol. The molecule has 0 aromatic carbocycles. The van der Waals surface area contributed by atoms with Crippen LogP contribution >= 0.6 is 12.6 Å². The van der Waals surface area contributed by atoms with Crippen molar-refractivity contribution in [1.82, 2.24) is 0 Å². The Morgan fingerprint density at radius 3 is 2.86 bits per heavy atom. The van der Waals surface area contributed by atoms with Crippen molar-refractivity contribution >= 4 is 12.6 Å². The topological polar surface area (TPSA) is 9.23 Å². The zero-order valence-corrected chi connectivity index (χ0v) is 4.69. The van der Waals surface area contributed by atoms with Gasteiger partial charge in [0.15, 0.2) is 0 Å². The minimum absolute atomic E-state index is 0.662. The van der Waals surface area contributed by atoms with Crippen LogP contribution in [0.3, 0.4) is 0 Å². The Balaban J connectivity index is 2.58. The van der Waals surface area contributed by atoms with Gasteiger partial charge in [-0.15, -0.1) is 12.6 Å². The van der Waals surface area contributed by atoms with E-state index in [1.54, 1.807) is 6.26 Å². The highest BCUT2D eigenvalue weighted by Gasteiger charge is 1.86. The maximum atomic E-state index is 4.83. The molecule has 1 rings (SSSR count). The summed E-state index contributed by atoms with van der Waals surface area (Å²) in [6.45, 7) is 0.662. The second kappa shape index (κ2) is 2.07.